The van der Waals surface area contributed by atoms with E-state index in [1.165, 1.54) is 5.56 Å². The van der Waals surface area contributed by atoms with Crippen molar-refractivity contribution in [2.24, 2.45) is 10.3 Å². The number of hydrogen-bond acceptors (Lipinski definition) is 4. The SMILES string of the molecule is Cc1ccc(N2NN=NC2C)cc1. The largest absolute Gasteiger partial charge is 0.244 e. The predicted octanol–water partition coefficient (Wildman–Crippen LogP) is 2.03. The van der Waals surface area contributed by atoms with Gasteiger partial charge in [-0.2, -0.15) is 5.53 Å². The fraction of sp³-hybridized carbons (Fsp3) is 0.333. The van der Waals surface area contributed by atoms with Crippen molar-refractivity contribution in [1.29, 1.82) is 0 Å². The highest BCUT2D eigenvalue weighted by Crippen LogP contribution is 2.18. The standard InChI is InChI=1S/C9H12N4/c1-7-3-5-9(6-4-7)13-8(2)10-11-12-13/h3-6,8H,1-2H3,(H,10,12). The molecule has 0 radical (unpaired) electrons. The summed E-state index contributed by atoms with van der Waals surface area (Å²) in [4.78, 5) is 0. The summed E-state index contributed by atoms with van der Waals surface area (Å²) in [5.41, 5.74) is 5.17. The van der Waals surface area contributed by atoms with Crippen molar-refractivity contribution in [3.8, 4) is 0 Å². The number of nitrogens with one attached hydrogen (secondary N) is 1. The molecule has 1 atom stereocenters. The van der Waals surface area contributed by atoms with Gasteiger partial charge in [0.25, 0.3) is 0 Å². The van der Waals surface area contributed by atoms with E-state index in [0.29, 0.717) is 0 Å². The Morgan fingerprint density at radius 1 is 1.31 bits per heavy atom. The maximum atomic E-state index is 3.96. The second-order valence-corrected chi connectivity index (χ2v) is 3.15. The maximum Gasteiger partial charge on any atom is 0.161 e. The Hall–Kier alpha value is -1.58. The highest BCUT2D eigenvalue weighted by molar-refractivity contribution is 5.47. The molecular formula is C9H12N4. The van der Waals surface area contributed by atoms with Crippen molar-refractivity contribution in [2.45, 2.75) is 20.0 Å². The molecule has 1 aliphatic rings. The van der Waals surface area contributed by atoms with Crippen LogP contribution in [0.25, 0.3) is 0 Å². The minimum atomic E-state index is 0.0720. The second kappa shape index (κ2) is 3.05. The van der Waals surface area contributed by atoms with E-state index in [9.17, 15) is 0 Å². The second-order valence-electron chi connectivity index (χ2n) is 3.15. The summed E-state index contributed by atoms with van der Waals surface area (Å²) < 4.78 is 0. The molecule has 1 N–H and O–H groups in total. The van der Waals surface area contributed by atoms with Crippen molar-refractivity contribution in [1.82, 2.24) is 5.53 Å². The summed E-state index contributed by atoms with van der Waals surface area (Å²) in [6, 6.07) is 8.24. The van der Waals surface area contributed by atoms with Crippen LogP contribution in [0.1, 0.15) is 12.5 Å². The van der Waals surface area contributed by atoms with Crippen LogP contribution in [0.15, 0.2) is 34.6 Å². The lowest BCUT2D eigenvalue weighted by Crippen LogP contribution is -2.35. The molecule has 0 saturated carbocycles. The van der Waals surface area contributed by atoms with Crippen LogP contribution < -0.4 is 10.5 Å². The van der Waals surface area contributed by atoms with Crippen LogP contribution >= 0.6 is 0 Å². The van der Waals surface area contributed by atoms with Crippen LogP contribution in [0.3, 0.4) is 0 Å². The van der Waals surface area contributed by atoms with Crippen LogP contribution in [0.5, 0.6) is 0 Å². The molecule has 0 aromatic heterocycles. The van der Waals surface area contributed by atoms with Crippen LogP contribution in [-0.2, 0) is 0 Å². The van der Waals surface area contributed by atoms with Gasteiger partial charge in [0.2, 0.25) is 0 Å². The van der Waals surface area contributed by atoms with Crippen LogP contribution in [-0.4, -0.2) is 6.17 Å². The van der Waals surface area contributed by atoms with Crippen LogP contribution in [0.4, 0.5) is 5.69 Å². The molecule has 0 fully saturated rings. The number of rotatable bonds is 1. The third-order valence-electron chi connectivity index (χ3n) is 2.06. The Kier molecular flexibility index (Phi) is 1.88. The monoisotopic (exact) mass is 176 g/mol. The highest BCUT2D eigenvalue weighted by atomic mass is 15.8. The van der Waals surface area contributed by atoms with Gasteiger partial charge in [0.1, 0.15) is 0 Å². The average Bonchev–Trinajstić information content (AvgIpc) is 2.53. The third kappa shape index (κ3) is 1.47. The molecule has 0 saturated heterocycles. The van der Waals surface area contributed by atoms with Gasteiger partial charge in [0.05, 0.1) is 5.69 Å². The van der Waals surface area contributed by atoms with Crippen molar-refractivity contribution >= 4 is 5.69 Å². The zero-order valence-corrected chi connectivity index (χ0v) is 7.73. The van der Waals surface area contributed by atoms with E-state index in [2.05, 4.69) is 47.1 Å². The topological polar surface area (TPSA) is 40.0 Å². The Morgan fingerprint density at radius 3 is 2.54 bits per heavy atom. The van der Waals surface area contributed by atoms with Gasteiger partial charge in [0, 0.05) is 0 Å². The van der Waals surface area contributed by atoms with Crippen LogP contribution in [0.2, 0.25) is 0 Å². The summed E-state index contributed by atoms with van der Waals surface area (Å²) in [6.07, 6.45) is 0.0720. The van der Waals surface area contributed by atoms with E-state index in [-0.39, 0.29) is 6.17 Å². The Balaban J connectivity index is 2.21. The molecule has 1 aliphatic heterocycles. The molecule has 2 rings (SSSR count). The Bertz CT molecular complexity index is 317. The van der Waals surface area contributed by atoms with E-state index in [1.807, 2.05) is 11.9 Å². The van der Waals surface area contributed by atoms with Gasteiger partial charge in [-0.05, 0) is 26.0 Å². The summed E-state index contributed by atoms with van der Waals surface area (Å²) in [5.74, 6) is 0. The highest BCUT2D eigenvalue weighted by Gasteiger charge is 2.17. The van der Waals surface area contributed by atoms with E-state index >= 15 is 0 Å². The molecule has 0 bridgehead atoms. The van der Waals surface area contributed by atoms with Crippen molar-refractivity contribution in [3.63, 3.8) is 0 Å². The molecular weight excluding hydrogens is 164 g/mol. The number of hydrazine groups is 1. The van der Waals surface area contributed by atoms with E-state index in [4.69, 9.17) is 0 Å². The van der Waals surface area contributed by atoms with Gasteiger partial charge >= 0.3 is 0 Å². The molecule has 1 unspecified atom stereocenters. The lowest BCUT2D eigenvalue weighted by molar-refractivity contribution is 0.666. The van der Waals surface area contributed by atoms with Crippen molar-refractivity contribution < 1.29 is 0 Å². The molecule has 1 aromatic rings. The first-order valence-electron chi connectivity index (χ1n) is 4.29. The number of aryl methyl sites for hydroxylation is 1. The van der Waals surface area contributed by atoms with Crippen LogP contribution in [0, 0.1) is 6.92 Å². The zero-order chi connectivity index (χ0) is 9.26. The van der Waals surface area contributed by atoms with Gasteiger partial charge in [-0.15, -0.1) is 5.11 Å². The molecule has 1 heterocycles. The molecule has 0 spiro atoms. The van der Waals surface area contributed by atoms with Gasteiger partial charge in [-0.3, -0.25) is 0 Å². The Morgan fingerprint density at radius 2 is 2.00 bits per heavy atom. The first kappa shape index (κ1) is 8.04. The van der Waals surface area contributed by atoms with Gasteiger partial charge in [-0.25, -0.2) is 5.01 Å². The lowest BCUT2D eigenvalue weighted by atomic mass is 10.2. The molecule has 1 aromatic carbocycles. The van der Waals surface area contributed by atoms with E-state index in [0.717, 1.165) is 5.69 Å². The summed E-state index contributed by atoms with van der Waals surface area (Å²) >= 11 is 0. The molecule has 4 heteroatoms. The van der Waals surface area contributed by atoms with Crippen molar-refractivity contribution in [2.75, 3.05) is 5.01 Å². The first-order valence-corrected chi connectivity index (χ1v) is 4.29. The van der Waals surface area contributed by atoms with Gasteiger partial charge in [0.15, 0.2) is 6.17 Å². The zero-order valence-electron chi connectivity index (χ0n) is 7.73. The quantitative estimate of drug-likeness (QED) is 0.711. The smallest absolute Gasteiger partial charge is 0.161 e. The van der Waals surface area contributed by atoms with E-state index < -0.39 is 0 Å². The maximum absolute atomic E-state index is 3.96. The summed E-state index contributed by atoms with van der Waals surface area (Å²) in [6.45, 7) is 4.06. The predicted molar refractivity (Wildman–Crippen MR) is 51.1 cm³/mol. The molecule has 4 nitrogen and oxygen atoms in total. The number of nitrogens with zero attached hydrogens (tertiary/aromatic N) is 3. The Labute approximate surface area is 77.2 Å². The van der Waals surface area contributed by atoms with Gasteiger partial charge in [-0.1, -0.05) is 22.9 Å². The van der Waals surface area contributed by atoms with E-state index in [1.54, 1.807) is 0 Å². The minimum absolute atomic E-state index is 0.0720. The number of hydrogen-bond donors (Lipinski definition) is 1. The normalized spacial score (nSPS) is 20.5. The lowest BCUT2D eigenvalue weighted by Gasteiger charge is -2.19. The number of benzene rings is 1. The van der Waals surface area contributed by atoms with Gasteiger partial charge < -0.3 is 0 Å². The minimum Gasteiger partial charge on any atom is -0.244 e. The summed E-state index contributed by atoms with van der Waals surface area (Å²) in [7, 11) is 0. The first-order chi connectivity index (χ1) is 6.27. The molecule has 0 aliphatic carbocycles. The number of anilines is 1. The molecule has 13 heavy (non-hydrogen) atoms. The molecule has 0 amide bonds. The summed E-state index contributed by atoms with van der Waals surface area (Å²) in [5, 5.41) is 9.62. The fourth-order valence-electron chi connectivity index (χ4n) is 1.27. The average molecular weight is 176 g/mol. The fourth-order valence-corrected chi connectivity index (χ4v) is 1.27. The third-order valence-corrected chi connectivity index (χ3v) is 2.06. The molecule has 68 valence electrons. The van der Waals surface area contributed by atoms with Crippen molar-refractivity contribution in [3.05, 3.63) is 29.8 Å².